The van der Waals surface area contributed by atoms with Gasteiger partial charge in [-0.3, -0.25) is 0 Å². The summed E-state index contributed by atoms with van der Waals surface area (Å²) in [5, 5.41) is 15.6. The first-order chi connectivity index (χ1) is 3.41. The smallest absolute Gasteiger partial charge is 0.286 e. The molecule has 3 nitrogen and oxygen atoms in total. The van der Waals surface area contributed by atoms with Crippen molar-refractivity contribution in [2.24, 2.45) is 0 Å². The molecule has 0 saturated carbocycles. The van der Waals surface area contributed by atoms with Crippen molar-refractivity contribution >= 4 is 0 Å². The lowest BCUT2D eigenvalue weighted by Crippen LogP contribution is -1.78. The molecule has 0 rings (SSSR count). The lowest BCUT2D eigenvalue weighted by Gasteiger charge is -1.80. The summed E-state index contributed by atoms with van der Waals surface area (Å²) in [7, 11) is 0. The van der Waals surface area contributed by atoms with Crippen LogP contribution < -0.4 is 0 Å². The van der Waals surface area contributed by atoms with Gasteiger partial charge >= 0.3 is 0 Å². The number of nitrogens with zero attached hydrogens (tertiary/aromatic N) is 1. The van der Waals surface area contributed by atoms with Crippen LogP contribution in [-0.2, 0) is 4.74 Å². The Hall–Kier alpha value is -1.17. The first-order valence-corrected chi connectivity index (χ1v) is 1.72. The minimum Gasteiger partial charge on any atom is -0.516 e. The van der Waals surface area contributed by atoms with Crippen molar-refractivity contribution in [1.29, 1.82) is 5.26 Å². The third kappa shape index (κ3) is 4.83. The average Bonchev–Trinajstić information content (AvgIpc) is 1.69. The standard InChI is InChI=1S/C4H5NO2/c5-4-7-3-1-2-6/h1-2,6H,3H2. The molecule has 0 saturated heterocycles. The Kier molecular flexibility index (Phi) is 4.02. The van der Waals surface area contributed by atoms with Gasteiger partial charge in [0.15, 0.2) is 0 Å². The molecule has 0 fully saturated rings. The number of aliphatic hydroxyl groups excluding tert-OH is 1. The number of ether oxygens (including phenoxy) is 1. The summed E-state index contributed by atoms with van der Waals surface area (Å²) in [6.07, 6.45) is 3.59. The fourth-order valence-electron chi connectivity index (χ4n) is 0.128. The van der Waals surface area contributed by atoms with Crippen molar-refractivity contribution in [3.63, 3.8) is 0 Å². The summed E-state index contributed by atoms with van der Waals surface area (Å²) in [5.41, 5.74) is 0. The van der Waals surface area contributed by atoms with Crippen molar-refractivity contribution < 1.29 is 9.84 Å². The van der Waals surface area contributed by atoms with Crippen LogP contribution in [0.1, 0.15) is 0 Å². The quantitative estimate of drug-likeness (QED) is 0.312. The summed E-state index contributed by atoms with van der Waals surface area (Å²) in [6.45, 7) is 0.146. The number of aliphatic hydroxyl groups is 1. The summed E-state index contributed by atoms with van der Waals surface area (Å²) >= 11 is 0. The van der Waals surface area contributed by atoms with Gasteiger partial charge in [-0.1, -0.05) is 0 Å². The highest BCUT2D eigenvalue weighted by molar-refractivity contribution is 4.71. The molecular weight excluding hydrogens is 94.0 g/mol. The maximum atomic E-state index is 7.92. The molecule has 0 aliphatic rings. The van der Waals surface area contributed by atoms with Crippen molar-refractivity contribution in [2.75, 3.05) is 6.61 Å². The van der Waals surface area contributed by atoms with Crippen LogP contribution >= 0.6 is 0 Å². The molecular formula is C4H5NO2. The van der Waals surface area contributed by atoms with E-state index >= 15 is 0 Å². The highest BCUT2D eigenvalue weighted by atomic mass is 16.5. The summed E-state index contributed by atoms with van der Waals surface area (Å²) < 4.78 is 4.13. The second-order valence-electron chi connectivity index (χ2n) is 0.787. The second kappa shape index (κ2) is 4.83. The second-order valence-corrected chi connectivity index (χ2v) is 0.787. The van der Waals surface area contributed by atoms with Gasteiger partial charge in [0.2, 0.25) is 0 Å². The van der Waals surface area contributed by atoms with Gasteiger partial charge in [0.1, 0.15) is 6.61 Å². The highest BCUT2D eigenvalue weighted by Gasteiger charge is 1.69. The van der Waals surface area contributed by atoms with Crippen LogP contribution in [0.2, 0.25) is 0 Å². The zero-order chi connectivity index (χ0) is 5.54. The molecule has 0 aromatic carbocycles. The normalized spacial score (nSPS) is 8.43. The molecule has 0 aromatic heterocycles. The zero-order valence-electron chi connectivity index (χ0n) is 3.66. The molecule has 0 spiro atoms. The van der Waals surface area contributed by atoms with Crippen LogP contribution in [0.25, 0.3) is 0 Å². The Morgan fingerprint density at radius 1 is 1.86 bits per heavy atom. The van der Waals surface area contributed by atoms with E-state index in [1.165, 1.54) is 12.3 Å². The molecule has 0 heterocycles. The van der Waals surface area contributed by atoms with Crippen LogP contribution in [0.5, 0.6) is 0 Å². The fourth-order valence-corrected chi connectivity index (χ4v) is 0.128. The molecule has 1 N–H and O–H groups in total. The zero-order valence-corrected chi connectivity index (χ0v) is 3.66. The Morgan fingerprint density at radius 3 is 3.00 bits per heavy atom. The van der Waals surface area contributed by atoms with E-state index in [9.17, 15) is 0 Å². The predicted octanol–water partition coefficient (Wildman–Crippen LogP) is 0.556. The largest absolute Gasteiger partial charge is 0.516 e. The lowest BCUT2D eigenvalue weighted by molar-refractivity contribution is 0.308. The van der Waals surface area contributed by atoms with E-state index in [0.29, 0.717) is 0 Å². The number of rotatable bonds is 2. The van der Waals surface area contributed by atoms with Crippen LogP contribution in [-0.4, -0.2) is 11.7 Å². The van der Waals surface area contributed by atoms with Gasteiger partial charge in [0.25, 0.3) is 6.26 Å². The third-order valence-electron chi connectivity index (χ3n) is 0.350. The molecule has 38 valence electrons. The molecule has 0 unspecified atom stereocenters. The van der Waals surface area contributed by atoms with Crippen LogP contribution in [0.4, 0.5) is 0 Å². The number of hydrogen-bond acceptors (Lipinski definition) is 3. The van der Waals surface area contributed by atoms with Crippen molar-refractivity contribution in [1.82, 2.24) is 0 Å². The van der Waals surface area contributed by atoms with E-state index in [4.69, 9.17) is 10.4 Å². The molecule has 0 aromatic rings. The fraction of sp³-hybridized carbons (Fsp3) is 0.250. The molecule has 0 aliphatic carbocycles. The van der Waals surface area contributed by atoms with E-state index < -0.39 is 0 Å². The summed E-state index contributed by atoms with van der Waals surface area (Å²) in [5.74, 6) is 0. The number of hydrogen-bond donors (Lipinski definition) is 1. The van der Waals surface area contributed by atoms with Crippen LogP contribution in [0.15, 0.2) is 12.3 Å². The molecule has 0 bridgehead atoms. The first kappa shape index (κ1) is 5.83. The molecule has 0 atom stereocenters. The Bertz CT molecular complexity index is 92.4. The predicted molar refractivity (Wildman–Crippen MR) is 23.3 cm³/mol. The molecule has 3 heteroatoms. The van der Waals surface area contributed by atoms with Gasteiger partial charge in [-0.05, 0) is 6.08 Å². The summed E-state index contributed by atoms with van der Waals surface area (Å²) in [4.78, 5) is 0. The van der Waals surface area contributed by atoms with E-state index in [-0.39, 0.29) is 6.61 Å². The SMILES string of the molecule is N#COCC=CO. The average molecular weight is 99.1 g/mol. The van der Waals surface area contributed by atoms with Gasteiger partial charge in [-0.15, -0.1) is 0 Å². The van der Waals surface area contributed by atoms with Gasteiger partial charge in [0.05, 0.1) is 6.26 Å². The summed E-state index contributed by atoms with van der Waals surface area (Å²) in [6, 6.07) is 0. The first-order valence-electron chi connectivity index (χ1n) is 1.72. The van der Waals surface area contributed by atoms with E-state index in [1.54, 1.807) is 0 Å². The van der Waals surface area contributed by atoms with Crippen molar-refractivity contribution in [3.05, 3.63) is 12.3 Å². The van der Waals surface area contributed by atoms with E-state index in [2.05, 4.69) is 4.74 Å². The molecule has 7 heavy (non-hydrogen) atoms. The van der Waals surface area contributed by atoms with E-state index in [0.717, 1.165) is 6.26 Å². The maximum absolute atomic E-state index is 7.92. The molecule has 0 amide bonds. The minimum atomic E-state index is 0.146. The van der Waals surface area contributed by atoms with Crippen molar-refractivity contribution in [2.45, 2.75) is 0 Å². The lowest BCUT2D eigenvalue weighted by atomic mass is 10.7. The van der Waals surface area contributed by atoms with Gasteiger partial charge in [0, 0.05) is 0 Å². The minimum absolute atomic E-state index is 0.146. The van der Waals surface area contributed by atoms with Crippen LogP contribution in [0.3, 0.4) is 0 Å². The third-order valence-corrected chi connectivity index (χ3v) is 0.350. The Balaban J connectivity index is 2.87. The van der Waals surface area contributed by atoms with E-state index in [1.807, 2.05) is 0 Å². The van der Waals surface area contributed by atoms with Crippen LogP contribution in [0, 0.1) is 11.5 Å². The number of nitriles is 1. The highest BCUT2D eigenvalue weighted by Crippen LogP contribution is 1.69. The molecule has 0 aliphatic heterocycles. The maximum Gasteiger partial charge on any atom is 0.286 e. The monoisotopic (exact) mass is 99.0 g/mol. The van der Waals surface area contributed by atoms with Gasteiger partial charge in [-0.2, -0.15) is 5.26 Å². The Labute approximate surface area is 41.4 Å². The van der Waals surface area contributed by atoms with Gasteiger partial charge < -0.3 is 9.84 Å². The Morgan fingerprint density at radius 2 is 2.57 bits per heavy atom. The van der Waals surface area contributed by atoms with Gasteiger partial charge in [-0.25, -0.2) is 0 Å². The van der Waals surface area contributed by atoms with Crippen molar-refractivity contribution in [3.8, 4) is 6.26 Å². The molecule has 0 radical (unpaired) electrons. The topological polar surface area (TPSA) is 53.2 Å².